The average molecular weight is 481 g/mol. The Labute approximate surface area is 189 Å². The Morgan fingerprint density at radius 1 is 1.26 bits per heavy atom. The number of hydrogen-bond donors (Lipinski definition) is 1. The van der Waals surface area contributed by atoms with Crippen molar-refractivity contribution in [3.63, 3.8) is 0 Å². The first-order chi connectivity index (χ1) is 14.8. The molecule has 31 heavy (non-hydrogen) atoms. The standard InChI is InChI=1S/C20H18Cl2N4O4S/c1-26-7-8-29-16-9-13(5-6-15(16)26)11-30-17-10-23-12-24-20(17)25-31(27,28)18-4-2-3-14(21)19(18)22/h2-6,9-10,12H,7-8,11H2,1H3,(H,23,24,25). The van der Waals surface area contributed by atoms with Crippen molar-refractivity contribution in [2.24, 2.45) is 0 Å². The minimum Gasteiger partial charge on any atom is -0.490 e. The fourth-order valence-corrected chi connectivity index (χ4v) is 4.81. The van der Waals surface area contributed by atoms with E-state index in [9.17, 15) is 8.42 Å². The van der Waals surface area contributed by atoms with Gasteiger partial charge in [0, 0.05) is 7.05 Å². The van der Waals surface area contributed by atoms with Gasteiger partial charge in [-0.05, 0) is 29.8 Å². The van der Waals surface area contributed by atoms with Crippen LogP contribution in [0.2, 0.25) is 10.0 Å². The molecule has 4 rings (SSSR count). The second-order valence-electron chi connectivity index (χ2n) is 6.75. The number of sulfonamides is 1. The van der Waals surface area contributed by atoms with Crippen LogP contribution in [0.1, 0.15) is 5.56 Å². The summed E-state index contributed by atoms with van der Waals surface area (Å²) in [6.07, 6.45) is 2.60. The van der Waals surface area contributed by atoms with E-state index in [1.165, 1.54) is 30.7 Å². The Morgan fingerprint density at radius 3 is 2.94 bits per heavy atom. The quantitative estimate of drug-likeness (QED) is 0.569. The largest absolute Gasteiger partial charge is 0.490 e. The van der Waals surface area contributed by atoms with Gasteiger partial charge in [-0.2, -0.15) is 0 Å². The Morgan fingerprint density at radius 2 is 2.10 bits per heavy atom. The summed E-state index contributed by atoms with van der Waals surface area (Å²) >= 11 is 12.0. The molecule has 8 nitrogen and oxygen atoms in total. The number of benzene rings is 2. The van der Waals surface area contributed by atoms with Crippen LogP contribution in [0.15, 0.2) is 53.8 Å². The lowest BCUT2D eigenvalue weighted by Gasteiger charge is -2.28. The fraction of sp³-hybridized carbons (Fsp3) is 0.200. The molecule has 1 N–H and O–H groups in total. The van der Waals surface area contributed by atoms with Gasteiger partial charge in [-0.25, -0.2) is 18.4 Å². The van der Waals surface area contributed by atoms with E-state index in [0.717, 1.165) is 23.5 Å². The van der Waals surface area contributed by atoms with E-state index >= 15 is 0 Å². The van der Waals surface area contributed by atoms with Gasteiger partial charge in [0.25, 0.3) is 10.0 Å². The molecule has 162 valence electrons. The van der Waals surface area contributed by atoms with Gasteiger partial charge in [-0.15, -0.1) is 0 Å². The molecule has 0 saturated carbocycles. The first kappa shape index (κ1) is 21.5. The first-order valence-corrected chi connectivity index (χ1v) is 11.5. The summed E-state index contributed by atoms with van der Waals surface area (Å²) in [7, 11) is -2.05. The van der Waals surface area contributed by atoms with Gasteiger partial charge in [-0.1, -0.05) is 35.3 Å². The smallest absolute Gasteiger partial charge is 0.264 e. The normalized spacial score (nSPS) is 13.3. The fourth-order valence-electron chi connectivity index (χ4n) is 3.03. The van der Waals surface area contributed by atoms with Crippen LogP contribution < -0.4 is 19.1 Å². The van der Waals surface area contributed by atoms with E-state index in [1.54, 1.807) is 0 Å². The van der Waals surface area contributed by atoms with E-state index in [-0.39, 0.29) is 33.1 Å². The van der Waals surface area contributed by atoms with Crippen LogP contribution in [0.3, 0.4) is 0 Å². The summed E-state index contributed by atoms with van der Waals surface area (Å²) in [5.41, 5.74) is 1.86. The van der Waals surface area contributed by atoms with Crippen molar-refractivity contribution < 1.29 is 17.9 Å². The lowest BCUT2D eigenvalue weighted by Crippen LogP contribution is -2.28. The highest BCUT2D eigenvalue weighted by molar-refractivity contribution is 7.92. The van der Waals surface area contributed by atoms with E-state index in [4.69, 9.17) is 32.7 Å². The molecule has 0 radical (unpaired) electrons. The minimum absolute atomic E-state index is 0.0139. The molecule has 1 aliphatic heterocycles. The van der Waals surface area contributed by atoms with E-state index in [1.807, 2.05) is 25.2 Å². The number of nitrogens with zero attached hydrogens (tertiary/aromatic N) is 3. The summed E-state index contributed by atoms with van der Waals surface area (Å²) in [6, 6.07) is 10.1. The number of hydrogen-bond acceptors (Lipinski definition) is 7. The van der Waals surface area contributed by atoms with Crippen LogP contribution in [0.25, 0.3) is 0 Å². The molecule has 0 amide bonds. The van der Waals surface area contributed by atoms with Crippen LogP contribution >= 0.6 is 23.2 Å². The molecule has 0 spiro atoms. The molecule has 0 saturated heterocycles. The first-order valence-electron chi connectivity index (χ1n) is 9.21. The Bertz CT molecular complexity index is 1220. The average Bonchev–Trinajstić information content (AvgIpc) is 2.75. The second kappa shape index (κ2) is 8.78. The molecule has 0 fully saturated rings. The highest BCUT2D eigenvalue weighted by atomic mass is 35.5. The zero-order chi connectivity index (χ0) is 22.0. The van der Waals surface area contributed by atoms with Crippen molar-refractivity contribution in [1.29, 1.82) is 0 Å². The maximum atomic E-state index is 12.8. The molecule has 2 aromatic carbocycles. The number of likely N-dealkylation sites (N-methyl/N-ethyl adjacent to an activating group) is 1. The van der Waals surface area contributed by atoms with Gasteiger partial charge >= 0.3 is 0 Å². The molecule has 1 aliphatic rings. The lowest BCUT2D eigenvalue weighted by atomic mass is 10.1. The number of halogens is 2. The summed E-state index contributed by atoms with van der Waals surface area (Å²) in [5, 5.41) is 0.0520. The third kappa shape index (κ3) is 4.63. The van der Waals surface area contributed by atoms with Gasteiger partial charge in [-0.3, -0.25) is 4.72 Å². The van der Waals surface area contributed by atoms with Crippen LogP contribution in [0.4, 0.5) is 11.5 Å². The van der Waals surface area contributed by atoms with E-state index in [2.05, 4.69) is 19.6 Å². The van der Waals surface area contributed by atoms with Crippen molar-refractivity contribution in [2.45, 2.75) is 11.5 Å². The third-order valence-electron chi connectivity index (χ3n) is 4.63. The van der Waals surface area contributed by atoms with Crippen molar-refractivity contribution in [3.05, 3.63) is 64.5 Å². The molecule has 0 atom stereocenters. The highest BCUT2D eigenvalue weighted by Gasteiger charge is 2.22. The van der Waals surface area contributed by atoms with Gasteiger partial charge in [0.1, 0.15) is 30.2 Å². The molecule has 3 aromatic rings. The minimum atomic E-state index is -4.05. The van der Waals surface area contributed by atoms with Gasteiger partial charge < -0.3 is 14.4 Å². The molecule has 2 heterocycles. The lowest BCUT2D eigenvalue weighted by molar-refractivity contribution is 0.297. The third-order valence-corrected chi connectivity index (χ3v) is 6.94. The van der Waals surface area contributed by atoms with Gasteiger partial charge in [0.05, 0.1) is 28.5 Å². The predicted molar refractivity (Wildman–Crippen MR) is 119 cm³/mol. The second-order valence-corrected chi connectivity index (χ2v) is 9.19. The summed E-state index contributed by atoms with van der Waals surface area (Å²) in [4.78, 5) is 9.87. The molecule has 1 aromatic heterocycles. The van der Waals surface area contributed by atoms with Crippen molar-refractivity contribution in [1.82, 2.24) is 9.97 Å². The highest BCUT2D eigenvalue weighted by Crippen LogP contribution is 2.33. The van der Waals surface area contributed by atoms with Crippen LogP contribution in [-0.2, 0) is 16.6 Å². The molecule has 0 unspecified atom stereocenters. The van der Waals surface area contributed by atoms with Gasteiger partial charge in [0.15, 0.2) is 11.6 Å². The zero-order valence-corrected chi connectivity index (χ0v) is 18.7. The van der Waals surface area contributed by atoms with Crippen LogP contribution in [0.5, 0.6) is 11.5 Å². The van der Waals surface area contributed by atoms with E-state index in [0.29, 0.717) is 6.61 Å². The monoisotopic (exact) mass is 480 g/mol. The van der Waals surface area contributed by atoms with Crippen molar-refractivity contribution in [3.8, 4) is 11.5 Å². The van der Waals surface area contributed by atoms with E-state index < -0.39 is 10.0 Å². The van der Waals surface area contributed by atoms with Crippen LogP contribution in [-0.4, -0.2) is 38.6 Å². The Balaban J connectivity index is 1.54. The number of nitrogens with one attached hydrogen (secondary N) is 1. The molecular formula is C20H18Cl2N4O4S. The predicted octanol–water partition coefficient (Wildman–Crippen LogP) is 3.99. The van der Waals surface area contributed by atoms with Crippen molar-refractivity contribution in [2.75, 3.05) is 29.8 Å². The van der Waals surface area contributed by atoms with Crippen molar-refractivity contribution >= 4 is 44.7 Å². The number of aromatic nitrogens is 2. The SMILES string of the molecule is CN1CCOc2cc(COc3cncnc3NS(=O)(=O)c3cccc(Cl)c3Cl)ccc21. The molecule has 0 bridgehead atoms. The van der Waals surface area contributed by atoms with Crippen LogP contribution in [0, 0.1) is 0 Å². The number of rotatable bonds is 6. The van der Waals surface area contributed by atoms with Gasteiger partial charge in [0.2, 0.25) is 0 Å². The molecule has 11 heteroatoms. The number of anilines is 2. The zero-order valence-electron chi connectivity index (χ0n) is 16.4. The summed E-state index contributed by atoms with van der Waals surface area (Å²) in [5.74, 6) is 0.927. The molecule has 0 aliphatic carbocycles. The topological polar surface area (TPSA) is 93.7 Å². The molecular weight excluding hydrogens is 463 g/mol. The Hall–Kier alpha value is -2.75. The number of ether oxygens (including phenoxy) is 2. The maximum absolute atomic E-state index is 12.8. The maximum Gasteiger partial charge on any atom is 0.264 e. The number of fused-ring (bicyclic) bond motifs is 1. The Kier molecular flexibility index (Phi) is 6.08. The summed E-state index contributed by atoms with van der Waals surface area (Å²) < 4.78 is 39.5. The summed E-state index contributed by atoms with van der Waals surface area (Å²) in [6.45, 7) is 1.60.